The van der Waals surface area contributed by atoms with E-state index in [-0.39, 0.29) is 17.7 Å². The van der Waals surface area contributed by atoms with Crippen molar-refractivity contribution in [3.63, 3.8) is 0 Å². The lowest BCUT2D eigenvalue weighted by molar-refractivity contribution is -0.152. The number of rotatable bonds is 4. The van der Waals surface area contributed by atoms with E-state index in [1.54, 1.807) is 23.1 Å². The number of imide groups is 1. The molecule has 24 heavy (non-hydrogen) atoms. The van der Waals surface area contributed by atoms with Gasteiger partial charge in [0, 0.05) is 42.4 Å². The monoisotopic (exact) mass is 347 g/mol. The number of anilines is 1. The van der Waals surface area contributed by atoms with Crippen LogP contribution in [0.4, 0.5) is 5.69 Å². The SMILES string of the molecule is O=C1CCC(N2Cc3c(NCl)cccc3C2=O)C(=O)N1CC1CC1. The number of carbonyl (C=O) groups excluding carboxylic acids is 3. The van der Waals surface area contributed by atoms with Crippen LogP contribution in [0.5, 0.6) is 0 Å². The summed E-state index contributed by atoms with van der Waals surface area (Å²) in [5.74, 6) is -0.0804. The van der Waals surface area contributed by atoms with E-state index in [4.69, 9.17) is 11.8 Å². The Hall–Kier alpha value is -2.08. The van der Waals surface area contributed by atoms with Crippen LogP contribution in [0.25, 0.3) is 0 Å². The number of likely N-dealkylation sites (tertiary alicyclic amines) is 1. The molecule has 3 aliphatic rings. The van der Waals surface area contributed by atoms with Crippen molar-refractivity contribution in [1.29, 1.82) is 0 Å². The lowest BCUT2D eigenvalue weighted by atomic mass is 10.0. The number of nitrogens with one attached hydrogen (secondary N) is 1. The average Bonchev–Trinajstić information content (AvgIpc) is 3.35. The first-order chi connectivity index (χ1) is 11.6. The van der Waals surface area contributed by atoms with Gasteiger partial charge in [-0.1, -0.05) is 6.07 Å². The standard InChI is InChI=1S/C17H18ClN3O3/c18-19-13-3-1-2-11-12(13)9-20(16(11)23)14-6-7-15(22)21(17(14)24)8-10-4-5-10/h1-3,10,14,19H,4-9H2. The first-order valence-corrected chi connectivity index (χ1v) is 8.61. The van der Waals surface area contributed by atoms with E-state index in [9.17, 15) is 14.4 Å². The Labute approximate surface area is 144 Å². The molecular formula is C17H18ClN3O3. The van der Waals surface area contributed by atoms with Gasteiger partial charge in [-0.3, -0.25) is 24.1 Å². The minimum atomic E-state index is -0.565. The van der Waals surface area contributed by atoms with Crippen LogP contribution in [0.3, 0.4) is 0 Å². The van der Waals surface area contributed by atoms with Gasteiger partial charge < -0.3 is 4.90 Å². The van der Waals surface area contributed by atoms with E-state index in [0.717, 1.165) is 18.4 Å². The van der Waals surface area contributed by atoms with Gasteiger partial charge in [-0.2, -0.15) is 0 Å². The molecule has 6 nitrogen and oxygen atoms in total. The summed E-state index contributed by atoms with van der Waals surface area (Å²) in [5.41, 5.74) is 2.05. The predicted molar refractivity (Wildman–Crippen MR) is 88.3 cm³/mol. The van der Waals surface area contributed by atoms with Gasteiger partial charge in [0.05, 0.1) is 5.69 Å². The lowest BCUT2D eigenvalue weighted by Gasteiger charge is -2.35. The normalized spacial score (nSPS) is 23.7. The fourth-order valence-electron chi connectivity index (χ4n) is 3.56. The summed E-state index contributed by atoms with van der Waals surface area (Å²) >= 11 is 5.73. The Kier molecular flexibility index (Phi) is 3.72. The van der Waals surface area contributed by atoms with Crippen molar-refractivity contribution in [1.82, 2.24) is 9.80 Å². The van der Waals surface area contributed by atoms with Gasteiger partial charge in [0.25, 0.3) is 11.8 Å². The molecule has 3 amide bonds. The third-order valence-electron chi connectivity index (χ3n) is 5.10. The van der Waals surface area contributed by atoms with Crippen LogP contribution >= 0.6 is 11.8 Å². The minimum Gasteiger partial charge on any atom is -0.322 e. The van der Waals surface area contributed by atoms with Crippen LogP contribution in [-0.4, -0.2) is 40.1 Å². The molecule has 1 aliphatic carbocycles. The highest BCUT2D eigenvalue weighted by Gasteiger charge is 2.44. The summed E-state index contributed by atoms with van der Waals surface area (Å²) in [6, 6.07) is 4.74. The Morgan fingerprint density at radius 1 is 1.17 bits per heavy atom. The first kappa shape index (κ1) is 15.4. The third-order valence-corrected chi connectivity index (χ3v) is 5.30. The van der Waals surface area contributed by atoms with Crippen LogP contribution in [0.1, 0.15) is 41.6 Å². The summed E-state index contributed by atoms with van der Waals surface area (Å²) < 4.78 is 0. The summed E-state index contributed by atoms with van der Waals surface area (Å²) in [5, 5.41) is 0. The Balaban J connectivity index is 1.59. The second kappa shape index (κ2) is 5.77. The maximum Gasteiger partial charge on any atom is 0.255 e. The number of hydrogen-bond donors (Lipinski definition) is 1. The number of amides is 3. The lowest BCUT2D eigenvalue weighted by Crippen LogP contribution is -2.55. The molecule has 4 rings (SSSR count). The number of halogens is 1. The van der Waals surface area contributed by atoms with Crippen LogP contribution in [0, 0.1) is 5.92 Å². The van der Waals surface area contributed by atoms with Gasteiger partial charge in [0.15, 0.2) is 0 Å². The largest absolute Gasteiger partial charge is 0.322 e. The number of piperidine rings is 1. The van der Waals surface area contributed by atoms with Gasteiger partial charge in [-0.05, 0) is 37.3 Å². The van der Waals surface area contributed by atoms with Crippen LogP contribution in [0.2, 0.25) is 0 Å². The first-order valence-electron chi connectivity index (χ1n) is 8.24. The number of nitrogens with zero attached hydrogens (tertiary/aromatic N) is 2. The molecule has 126 valence electrons. The predicted octanol–water partition coefficient (Wildman–Crippen LogP) is 2.14. The molecule has 1 aromatic rings. The van der Waals surface area contributed by atoms with Gasteiger partial charge in [0.1, 0.15) is 6.04 Å². The van der Waals surface area contributed by atoms with Gasteiger partial charge >= 0.3 is 0 Å². The molecule has 1 unspecified atom stereocenters. The van der Waals surface area contributed by atoms with Gasteiger partial charge in [0.2, 0.25) is 5.91 Å². The van der Waals surface area contributed by atoms with E-state index in [1.165, 1.54) is 4.90 Å². The molecular weight excluding hydrogens is 330 g/mol. The van der Waals surface area contributed by atoms with Crippen LogP contribution in [-0.2, 0) is 16.1 Å². The van der Waals surface area contributed by atoms with Gasteiger partial charge in [-0.15, -0.1) is 0 Å². The van der Waals surface area contributed by atoms with Crippen molar-refractivity contribution in [2.75, 3.05) is 11.4 Å². The average molecular weight is 348 g/mol. The number of carbonyl (C=O) groups is 3. The van der Waals surface area contributed by atoms with Crippen molar-refractivity contribution in [3.05, 3.63) is 29.3 Å². The highest BCUT2D eigenvalue weighted by atomic mass is 35.5. The zero-order valence-corrected chi connectivity index (χ0v) is 13.9. The smallest absolute Gasteiger partial charge is 0.255 e. The van der Waals surface area contributed by atoms with Gasteiger partial charge in [-0.25, -0.2) is 0 Å². The molecule has 2 aliphatic heterocycles. The van der Waals surface area contributed by atoms with Crippen molar-refractivity contribution in [2.24, 2.45) is 5.92 Å². The zero-order chi connectivity index (χ0) is 16.8. The van der Waals surface area contributed by atoms with Crippen LogP contribution in [0.15, 0.2) is 18.2 Å². The maximum atomic E-state index is 12.8. The molecule has 0 aromatic heterocycles. The Bertz CT molecular complexity index is 732. The molecule has 1 aromatic carbocycles. The number of fused-ring (bicyclic) bond motifs is 1. The van der Waals surface area contributed by atoms with E-state index in [0.29, 0.717) is 43.1 Å². The van der Waals surface area contributed by atoms with Crippen molar-refractivity contribution in [2.45, 2.75) is 38.3 Å². The quantitative estimate of drug-likeness (QED) is 0.669. The van der Waals surface area contributed by atoms with E-state index in [1.807, 2.05) is 0 Å². The Morgan fingerprint density at radius 2 is 1.96 bits per heavy atom. The Morgan fingerprint density at radius 3 is 2.67 bits per heavy atom. The van der Waals surface area contributed by atoms with Crippen molar-refractivity contribution in [3.8, 4) is 0 Å². The summed E-state index contributed by atoms with van der Waals surface area (Å²) in [4.78, 5) is 43.2. The summed E-state index contributed by atoms with van der Waals surface area (Å²) in [7, 11) is 0. The molecule has 0 bridgehead atoms. The highest BCUT2D eigenvalue weighted by Crippen LogP contribution is 2.35. The molecule has 1 saturated heterocycles. The fraction of sp³-hybridized carbons (Fsp3) is 0.471. The zero-order valence-electron chi connectivity index (χ0n) is 13.1. The summed E-state index contributed by atoms with van der Waals surface area (Å²) in [6.07, 6.45) is 2.84. The molecule has 0 spiro atoms. The number of hydrogen-bond acceptors (Lipinski definition) is 4. The fourth-order valence-corrected chi connectivity index (χ4v) is 3.73. The van der Waals surface area contributed by atoms with Crippen molar-refractivity contribution < 1.29 is 14.4 Å². The molecule has 1 N–H and O–H groups in total. The highest BCUT2D eigenvalue weighted by molar-refractivity contribution is 6.24. The van der Waals surface area contributed by atoms with E-state index >= 15 is 0 Å². The number of benzene rings is 1. The molecule has 2 fully saturated rings. The molecule has 2 heterocycles. The van der Waals surface area contributed by atoms with E-state index < -0.39 is 6.04 Å². The van der Waals surface area contributed by atoms with E-state index in [2.05, 4.69) is 4.84 Å². The van der Waals surface area contributed by atoms with Crippen molar-refractivity contribution >= 4 is 35.2 Å². The molecule has 1 atom stereocenters. The molecule has 1 saturated carbocycles. The molecule has 0 radical (unpaired) electrons. The minimum absolute atomic E-state index is 0.115. The molecule has 7 heteroatoms. The van der Waals surface area contributed by atoms with Crippen LogP contribution < -0.4 is 4.84 Å². The third kappa shape index (κ3) is 2.45. The summed E-state index contributed by atoms with van der Waals surface area (Å²) in [6.45, 7) is 0.837. The second-order valence-electron chi connectivity index (χ2n) is 6.70. The second-order valence-corrected chi connectivity index (χ2v) is 6.89. The maximum absolute atomic E-state index is 12.8. The topological polar surface area (TPSA) is 69.7 Å².